The van der Waals surface area contributed by atoms with Crippen LogP contribution in [-0.4, -0.2) is 51.4 Å². The van der Waals surface area contributed by atoms with E-state index in [1.54, 1.807) is 0 Å². The Balaban J connectivity index is 2.64. The SMILES string of the molecule is CCCNc1ncnc(NCCNS(C)(=O)=O)c1OC. The van der Waals surface area contributed by atoms with E-state index in [0.29, 0.717) is 23.9 Å². The highest BCUT2D eigenvalue weighted by Gasteiger charge is 2.11. The Labute approximate surface area is 119 Å². The number of aromatic nitrogens is 2. The van der Waals surface area contributed by atoms with Crippen LogP contribution >= 0.6 is 0 Å². The van der Waals surface area contributed by atoms with Crippen molar-refractivity contribution in [3.8, 4) is 5.75 Å². The average Bonchev–Trinajstić information content (AvgIpc) is 2.40. The number of hydrogen-bond donors (Lipinski definition) is 3. The fraction of sp³-hybridized carbons (Fsp3) is 0.636. The van der Waals surface area contributed by atoms with Crippen molar-refractivity contribution < 1.29 is 13.2 Å². The van der Waals surface area contributed by atoms with Gasteiger partial charge in [0.05, 0.1) is 13.4 Å². The molecular formula is C11H21N5O3S. The van der Waals surface area contributed by atoms with Gasteiger partial charge in [0.2, 0.25) is 15.8 Å². The maximum atomic E-state index is 10.9. The Morgan fingerprint density at radius 3 is 2.25 bits per heavy atom. The summed E-state index contributed by atoms with van der Waals surface area (Å²) in [6.07, 6.45) is 3.51. The second kappa shape index (κ2) is 7.85. The van der Waals surface area contributed by atoms with Crippen molar-refractivity contribution in [1.82, 2.24) is 14.7 Å². The number of sulfonamides is 1. The minimum Gasteiger partial charge on any atom is -0.490 e. The lowest BCUT2D eigenvalue weighted by molar-refractivity contribution is 0.414. The lowest BCUT2D eigenvalue weighted by Gasteiger charge is -2.13. The summed E-state index contributed by atoms with van der Waals surface area (Å²) in [7, 11) is -1.64. The van der Waals surface area contributed by atoms with Crippen LogP contribution in [0, 0.1) is 0 Å². The van der Waals surface area contributed by atoms with Crippen LogP contribution in [0.1, 0.15) is 13.3 Å². The van der Waals surface area contributed by atoms with Crippen LogP contribution < -0.4 is 20.1 Å². The van der Waals surface area contributed by atoms with Crippen LogP contribution in [0.3, 0.4) is 0 Å². The van der Waals surface area contributed by atoms with Gasteiger partial charge in [0.25, 0.3) is 0 Å². The molecule has 1 aromatic rings. The Morgan fingerprint density at radius 1 is 1.15 bits per heavy atom. The zero-order chi connectivity index (χ0) is 15.0. The van der Waals surface area contributed by atoms with Crippen molar-refractivity contribution >= 4 is 21.7 Å². The number of anilines is 2. The van der Waals surface area contributed by atoms with E-state index in [1.165, 1.54) is 13.4 Å². The molecule has 9 heteroatoms. The molecule has 1 aromatic heterocycles. The van der Waals surface area contributed by atoms with E-state index in [4.69, 9.17) is 4.74 Å². The van der Waals surface area contributed by atoms with Gasteiger partial charge < -0.3 is 15.4 Å². The Hall–Kier alpha value is -1.61. The number of hydrogen-bond acceptors (Lipinski definition) is 7. The molecule has 0 spiro atoms. The first kappa shape index (κ1) is 16.4. The lowest BCUT2D eigenvalue weighted by Crippen LogP contribution is -2.28. The fourth-order valence-electron chi connectivity index (χ4n) is 1.48. The molecule has 0 saturated heterocycles. The molecule has 0 unspecified atom stereocenters. The second-order valence-electron chi connectivity index (χ2n) is 4.12. The van der Waals surface area contributed by atoms with E-state index in [9.17, 15) is 8.42 Å². The predicted octanol–water partition coefficient (Wildman–Crippen LogP) is 0.268. The molecule has 0 amide bonds. The number of rotatable bonds is 9. The van der Waals surface area contributed by atoms with Gasteiger partial charge in [-0.1, -0.05) is 6.92 Å². The van der Waals surface area contributed by atoms with Crippen LogP contribution in [0.15, 0.2) is 6.33 Å². The van der Waals surface area contributed by atoms with Crippen molar-refractivity contribution in [3.63, 3.8) is 0 Å². The third-order valence-corrected chi connectivity index (χ3v) is 3.06. The molecule has 0 aliphatic carbocycles. The van der Waals surface area contributed by atoms with Crippen LogP contribution in [0.5, 0.6) is 5.75 Å². The quantitative estimate of drug-likeness (QED) is 0.562. The number of nitrogens with one attached hydrogen (secondary N) is 3. The van der Waals surface area contributed by atoms with E-state index in [1.807, 2.05) is 0 Å². The van der Waals surface area contributed by atoms with Gasteiger partial charge in [-0.15, -0.1) is 0 Å². The summed E-state index contributed by atoms with van der Waals surface area (Å²) >= 11 is 0. The molecule has 0 aliphatic heterocycles. The third-order valence-electron chi connectivity index (χ3n) is 2.33. The van der Waals surface area contributed by atoms with Gasteiger partial charge in [-0.05, 0) is 6.42 Å². The topological polar surface area (TPSA) is 105 Å². The average molecular weight is 303 g/mol. The Bertz CT molecular complexity index is 521. The van der Waals surface area contributed by atoms with Gasteiger partial charge in [-0.2, -0.15) is 0 Å². The molecule has 0 atom stereocenters. The Morgan fingerprint density at radius 2 is 1.75 bits per heavy atom. The van der Waals surface area contributed by atoms with E-state index in [0.717, 1.165) is 19.2 Å². The first-order valence-electron chi connectivity index (χ1n) is 6.29. The number of methoxy groups -OCH3 is 1. The van der Waals surface area contributed by atoms with E-state index >= 15 is 0 Å². The molecule has 0 bridgehead atoms. The van der Waals surface area contributed by atoms with Gasteiger partial charge in [-0.25, -0.2) is 23.1 Å². The molecule has 3 N–H and O–H groups in total. The monoisotopic (exact) mass is 303 g/mol. The van der Waals surface area contributed by atoms with Gasteiger partial charge in [0.1, 0.15) is 6.33 Å². The van der Waals surface area contributed by atoms with E-state index in [-0.39, 0.29) is 6.54 Å². The second-order valence-corrected chi connectivity index (χ2v) is 5.96. The molecule has 1 heterocycles. The van der Waals surface area contributed by atoms with Gasteiger partial charge in [0, 0.05) is 19.6 Å². The smallest absolute Gasteiger partial charge is 0.208 e. The number of ether oxygens (including phenoxy) is 1. The molecule has 8 nitrogen and oxygen atoms in total. The van der Waals surface area contributed by atoms with Crippen LogP contribution in [0.4, 0.5) is 11.6 Å². The molecule has 0 aliphatic rings. The first-order chi connectivity index (χ1) is 9.48. The normalized spacial score (nSPS) is 11.2. The molecule has 20 heavy (non-hydrogen) atoms. The standard InChI is InChI=1S/C11H21N5O3S/c1-4-5-12-10-9(19-2)11(15-8-14-10)13-6-7-16-20(3,17)18/h8,16H,4-7H2,1-3H3,(H2,12,13,14,15). The van der Waals surface area contributed by atoms with Crippen molar-refractivity contribution in [2.75, 3.05) is 43.6 Å². The largest absolute Gasteiger partial charge is 0.490 e. The van der Waals surface area contributed by atoms with Crippen LogP contribution in [0.25, 0.3) is 0 Å². The van der Waals surface area contributed by atoms with Gasteiger partial charge in [-0.3, -0.25) is 0 Å². The van der Waals surface area contributed by atoms with Crippen LogP contribution in [-0.2, 0) is 10.0 Å². The van der Waals surface area contributed by atoms with Gasteiger partial charge >= 0.3 is 0 Å². The van der Waals surface area contributed by atoms with Gasteiger partial charge in [0.15, 0.2) is 11.6 Å². The lowest BCUT2D eigenvalue weighted by atomic mass is 10.4. The first-order valence-corrected chi connectivity index (χ1v) is 8.18. The molecule has 0 saturated carbocycles. The molecule has 0 fully saturated rings. The summed E-state index contributed by atoms with van der Waals surface area (Å²) in [6, 6.07) is 0. The molecule has 1 rings (SSSR count). The molecule has 114 valence electrons. The predicted molar refractivity (Wildman–Crippen MR) is 78.7 cm³/mol. The summed E-state index contributed by atoms with van der Waals surface area (Å²) < 4.78 is 29.5. The minimum absolute atomic E-state index is 0.268. The summed E-state index contributed by atoms with van der Waals surface area (Å²) in [5.74, 6) is 1.65. The summed E-state index contributed by atoms with van der Waals surface area (Å²) in [4.78, 5) is 8.20. The zero-order valence-corrected chi connectivity index (χ0v) is 12.7. The summed E-state index contributed by atoms with van der Waals surface area (Å²) in [6.45, 7) is 3.50. The molecule has 0 aromatic carbocycles. The molecule has 0 radical (unpaired) electrons. The maximum absolute atomic E-state index is 10.9. The minimum atomic E-state index is -3.18. The van der Waals surface area contributed by atoms with Crippen molar-refractivity contribution in [2.24, 2.45) is 0 Å². The van der Waals surface area contributed by atoms with Crippen molar-refractivity contribution in [1.29, 1.82) is 0 Å². The highest BCUT2D eigenvalue weighted by atomic mass is 32.2. The van der Waals surface area contributed by atoms with E-state index < -0.39 is 10.0 Å². The number of nitrogens with zero attached hydrogens (tertiary/aromatic N) is 2. The van der Waals surface area contributed by atoms with Crippen LogP contribution in [0.2, 0.25) is 0 Å². The highest BCUT2D eigenvalue weighted by Crippen LogP contribution is 2.28. The summed E-state index contributed by atoms with van der Waals surface area (Å²) in [5.41, 5.74) is 0. The fourth-order valence-corrected chi connectivity index (χ4v) is 1.95. The zero-order valence-electron chi connectivity index (χ0n) is 11.9. The van der Waals surface area contributed by atoms with E-state index in [2.05, 4.69) is 32.2 Å². The molecular weight excluding hydrogens is 282 g/mol. The Kier molecular flexibility index (Phi) is 6.46. The van der Waals surface area contributed by atoms with Crippen molar-refractivity contribution in [2.45, 2.75) is 13.3 Å². The third kappa shape index (κ3) is 5.57. The van der Waals surface area contributed by atoms with Crippen molar-refractivity contribution in [3.05, 3.63) is 6.33 Å². The maximum Gasteiger partial charge on any atom is 0.208 e. The highest BCUT2D eigenvalue weighted by molar-refractivity contribution is 7.88. The summed E-state index contributed by atoms with van der Waals surface area (Å²) in [5, 5.41) is 6.15.